The van der Waals surface area contributed by atoms with Crippen molar-refractivity contribution < 1.29 is 0 Å². The molecule has 1 radical (unpaired) electrons. The highest BCUT2D eigenvalue weighted by Gasteiger charge is 2.42. The Labute approximate surface area is 170 Å². The van der Waals surface area contributed by atoms with E-state index in [0.29, 0.717) is 0 Å². The lowest BCUT2D eigenvalue weighted by Crippen LogP contribution is -2.33. The molecular formula is C25H25BNS. The lowest BCUT2D eigenvalue weighted by molar-refractivity contribution is 0.641. The van der Waals surface area contributed by atoms with Crippen LogP contribution < -0.4 is 4.81 Å². The first-order valence-corrected chi connectivity index (χ1v) is 11.7. The summed E-state index contributed by atoms with van der Waals surface area (Å²) >= 11 is 0. The summed E-state index contributed by atoms with van der Waals surface area (Å²) in [6.07, 6.45) is 3.43. The fraction of sp³-hybridized carbons (Fsp3) is 0.200. The molecule has 0 atom stereocenters. The highest BCUT2D eigenvalue weighted by molar-refractivity contribution is 8.36. The molecule has 0 amide bonds. The number of benzene rings is 3. The van der Waals surface area contributed by atoms with Crippen LogP contribution in [0, 0.1) is 0 Å². The summed E-state index contributed by atoms with van der Waals surface area (Å²) in [4.78, 5) is 6.79. The summed E-state index contributed by atoms with van der Waals surface area (Å²) in [5, 5.41) is 2.61. The molecule has 2 aliphatic rings. The minimum absolute atomic E-state index is 0.128. The molecule has 0 N–H and O–H groups in total. The molecular weight excluding hydrogens is 357 g/mol. The fourth-order valence-electron chi connectivity index (χ4n) is 4.23. The van der Waals surface area contributed by atoms with Crippen molar-refractivity contribution in [1.29, 1.82) is 0 Å². The maximum Gasteiger partial charge on any atom is 0.259 e. The van der Waals surface area contributed by atoms with E-state index in [2.05, 4.69) is 117 Å². The quantitative estimate of drug-likeness (QED) is 0.421. The molecule has 3 heteroatoms. The molecule has 0 saturated heterocycles. The molecule has 0 aliphatic carbocycles. The first kappa shape index (κ1) is 17.7. The predicted octanol–water partition coefficient (Wildman–Crippen LogP) is 7.63. The second-order valence-electron chi connectivity index (χ2n) is 8.28. The van der Waals surface area contributed by atoms with Gasteiger partial charge in [-0.1, -0.05) is 69.7 Å². The summed E-state index contributed by atoms with van der Waals surface area (Å²) in [5.74, 6) is 0. The lowest BCUT2D eigenvalue weighted by Gasteiger charge is -2.48. The topological polar surface area (TPSA) is 3.24 Å². The zero-order chi connectivity index (χ0) is 19.4. The van der Waals surface area contributed by atoms with Crippen molar-refractivity contribution in [3.8, 4) is 0 Å². The Balaban J connectivity index is 1.81. The van der Waals surface area contributed by atoms with Crippen LogP contribution in [-0.2, 0) is 0 Å². The molecule has 0 aromatic heterocycles. The van der Waals surface area contributed by atoms with Gasteiger partial charge in [-0.15, -0.1) is 10.0 Å². The first-order valence-electron chi connectivity index (χ1n) is 10.0. The van der Waals surface area contributed by atoms with Crippen molar-refractivity contribution >= 4 is 34.9 Å². The average Bonchev–Trinajstić information content (AvgIpc) is 3.12. The Morgan fingerprint density at radius 2 is 1.32 bits per heavy atom. The van der Waals surface area contributed by atoms with Crippen LogP contribution in [0.2, 0.25) is 5.31 Å². The molecule has 2 heterocycles. The molecule has 0 bridgehead atoms. The third-order valence-corrected chi connectivity index (χ3v) is 9.74. The smallest absolute Gasteiger partial charge is 0.259 e. The number of anilines is 2. The van der Waals surface area contributed by atoms with E-state index in [1.54, 1.807) is 0 Å². The standard InChI is InChI=1S/C25H25BNS/c1-4-25(2,3)26-27-20-12-6-9-15-23(20)28(24-16-10-7-13-21(24)27)18-17-19-11-5-8-14-22(19)28/h5-18H,4H2,1-3H3. The van der Waals surface area contributed by atoms with E-state index < -0.39 is 10.0 Å². The van der Waals surface area contributed by atoms with Gasteiger partial charge >= 0.3 is 0 Å². The van der Waals surface area contributed by atoms with E-state index in [9.17, 15) is 0 Å². The van der Waals surface area contributed by atoms with Crippen molar-refractivity contribution in [3.63, 3.8) is 0 Å². The highest BCUT2D eigenvalue weighted by Crippen LogP contribution is 2.78. The second kappa shape index (κ2) is 6.32. The van der Waals surface area contributed by atoms with Crippen molar-refractivity contribution in [1.82, 2.24) is 0 Å². The number of nitrogens with zero attached hydrogens (tertiary/aromatic N) is 1. The van der Waals surface area contributed by atoms with Gasteiger partial charge in [-0.3, -0.25) is 0 Å². The Hall–Kier alpha value is -2.39. The van der Waals surface area contributed by atoms with Crippen LogP contribution in [0.4, 0.5) is 11.4 Å². The largest absolute Gasteiger partial charge is 0.389 e. The summed E-state index contributed by atoms with van der Waals surface area (Å²) in [6, 6.07) is 26.9. The average molecular weight is 382 g/mol. The molecule has 28 heavy (non-hydrogen) atoms. The summed E-state index contributed by atoms with van der Waals surface area (Å²) in [6.45, 7) is 6.90. The number of hydrogen-bond acceptors (Lipinski definition) is 1. The zero-order valence-electron chi connectivity index (χ0n) is 16.7. The Morgan fingerprint density at radius 3 is 1.93 bits per heavy atom. The summed E-state index contributed by atoms with van der Waals surface area (Å²) < 4.78 is 0. The second-order valence-corrected chi connectivity index (χ2v) is 11.2. The van der Waals surface area contributed by atoms with Crippen LogP contribution >= 0.6 is 10.0 Å². The van der Waals surface area contributed by atoms with Gasteiger partial charge in [0.25, 0.3) is 7.41 Å². The van der Waals surface area contributed by atoms with Gasteiger partial charge in [0.2, 0.25) is 0 Å². The highest BCUT2D eigenvalue weighted by atomic mass is 32.3. The monoisotopic (exact) mass is 382 g/mol. The third-order valence-electron chi connectivity index (χ3n) is 6.05. The first-order chi connectivity index (χ1) is 13.6. The molecule has 1 spiro atoms. The van der Waals surface area contributed by atoms with Crippen molar-refractivity contribution in [2.75, 3.05) is 4.81 Å². The van der Waals surface area contributed by atoms with Crippen LogP contribution in [0.15, 0.2) is 92.9 Å². The molecule has 0 fully saturated rings. The van der Waals surface area contributed by atoms with Gasteiger partial charge in [0.1, 0.15) is 0 Å². The van der Waals surface area contributed by atoms with Gasteiger partial charge in [-0.25, -0.2) is 0 Å². The van der Waals surface area contributed by atoms with Gasteiger partial charge in [-0.05, 0) is 52.7 Å². The van der Waals surface area contributed by atoms with Crippen molar-refractivity contribution in [3.05, 3.63) is 83.8 Å². The molecule has 1 nitrogen and oxygen atoms in total. The van der Waals surface area contributed by atoms with E-state index in [-0.39, 0.29) is 5.31 Å². The molecule has 2 aliphatic heterocycles. The van der Waals surface area contributed by atoms with E-state index in [1.807, 2.05) is 0 Å². The van der Waals surface area contributed by atoms with Crippen LogP contribution in [0.5, 0.6) is 0 Å². The SMILES string of the molecule is CCC(C)(C)[B]N1c2ccccc2S2(C=Cc3ccccc32)c2ccccc21. The van der Waals surface area contributed by atoms with Crippen LogP contribution in [0.3, 0.4) is 0 Å². The Bertz CT molecular complexity index is 1040. The van der Waals surface area contributed by atoms with Gasteiger partial charge in [0.05, 0.1) is 0 Å². The maximum absolute atomic E-state index is 2.48. The maximum atomic E-state index is 2.48. The van der Waals surface area contributed by atoms with Gasteiger partial charge < -0.3 is 4.81 Å². The number of hydrogen-bond donors (Lipinski definition) is 0. The lowest BCUT2D eigenvalue weighted by atomic mass is 9.59. The van der Waals surface area contributed by atoms with Crippen LogP contribution in [-0.4, -0.2) is 7.41 Å². The predicted molar refractivity (Wildman–Crippen MR) is 123 cm³/mol. The Kier molecular flexibility index (Phi) is 3.99. The summed E-state index contributed by atoms with van der Waals surface area (Å²) in [7, 11) is 1.04. The zero-order valence-corrected chi connectivity index (χ0v) is 17.5. The molecule has 5 rings (SSSR count). The molecule has 3 aromatic rings. The minimum Gasteiger partial charge on any atom is -0.389 e. The van der Waals surface area contributed by atoms with Gasteiger partial charge in [-0.2, -0.15) is 0 Å². The van der Waals surface area contributed by atoms with Gasteiger partial charge in [0, 0.05) is 26.1 Å². The van der Waals surface area contributed by atoms with Crippen molar-refractivity contribution in [2.24, 2.45) is 0 Å². The van der Waals surface area contributed by atoms with E-state index in [0.717, 1.165) is 6.42 Å². The van der Waals surface area contributed by atoms with Crippen LogP contribution in [0.1, 0.15) is 32.8 Å². The van der Waals surface area contributed by atoms with Crippen molar-refractivity contribution in [2.45, 2.75) is 47.2 Å². The molecule has 0 saturated carbocycles. The molecule has 3 aromatic carbocycles. The van der Waals surface area contributed by atoms with E-state index in [1.165, 1.54) is 31.6 Å². The third kappa shape index (κ3) is 2.42. The number of rotatable bonds is 3. The molecule has 139 valence electrons. The molecule has 0 unspecified atom stereocenters. The van der Waals surface area contributed by atoms with E-state index >= 15 is 0 Å². The van der Waals surface area contributed by atoms with Gasteiger partial charge in [0.15, 0.2) is 0 Å². The normalized spacial score (nSPS) is 17.0. The van der Waals surface area contributed by atoms with Crippen LogP contribution in [0.25, 0.3) is 6.08 Å². The van der Waals surface area contributed by atoms with E-state index in [4.69, 9.17) is 0 Å². The fourth-order valence-corrected chi connectivity index (χ4v) is 8.11. The number of para-hydroxylation sites is 2. The summed E-state index contributed by atoms with van der Waals surface area (Å²) in [5.41, 5.74) is 3.99. The number of fused-ring (bicyclic) bond motifs is 6. The Morgan fingerprint density at radius 1 is 0.786 bits per heavy atom. The minimum atomic E-state index is -1.38.